The van der Waals surface area contributed by atoms with Gasteiger partial charge in [-0.25, -0.2) is 9.97 Å². The first-order chi connectivity index (χ1) is 10.7. The molecule has 5 heteroatoms. The first kappa shape index (κ1) is 15.0. The van der Waals surface area contributed by atoms with E-state index in [0.29, 0.717) is 11.6 Å². The minimum absolute atomic E-state index is 0.00248. The number of fused-ring (bicyclic) bond motifs is 1. The van der Waals surface area contributed by atoms with Crippen molar-refractivity contribution in [3.05, 3.63) is 17.8 Å². The van der Waals surface area contributed by atoms with Crippen LogP contribution >= 0.6 is 0 Å². The van der Waals surface area contributed by atoms with E-state index < -0.39 is 0 Å². The molecule has 1 fully saturated rings. The molecule has 0 spiro atoms. The zero-order chi connectivity index (χ0) is 15.5. The zero-order valence-corrected chi connectivity index (χ0v) is 13.4. The highest BCUT2D eigenvalue weighted by Gasteiger charge is 2.19. The number of rotatable bonds is 5. The number of carbonyl (C=O) groups excluding carboxylic acids is 1. The van der Waals surface area contributed by atoms with Crippen molar-refractivity contribution in [1.29, 1.82) is 0 Å². The van der Waals surface area contributed by atoms with E-state index in [-0.39, 0.29) is 5.78 Å². The molecule has 2 heterocycles. The van der Waals surface area contributed by atoms with E-state index in [4.69, 9.17) is 0 Å². The first-order valence-corrected chi connectivity index (χ1v) is 8.31. The van der Waals surface area contributed by atoms with Gasteiger partial charge in [0.1, 0.15) is 11.2 Å². The summed E-state index contributed by atoms with van der Waals surface area (Å²) >= 11 is 0. The number of Topliss-reactive ketones (excluding diaryl/α,β-unsaturated/α-hetero) is 1. The average molecular weight is 300 g/mol. The molecule has 5 nitrogen and oxygen atoms in total. The highest BCUT2D eigenvalue weighted by atomic mass is 16.1. The Morgan fingerprint density at radius 1 is 1.27 bits per heavy atom. The number of pyridine rings is 1. The van der Waals surface area contributed by atoms with Gasteiger partial charge in [-0.3, -0.25) is 9.36 Å². The molecule has 0 bridgehead atoms. The van der Waals surface area contributed by atoms with Crippen LogP contribution in [0.3, 0.4) is 0 Å². The molecule has 0 amide bonds. The van der Waals surface area contributed by atoms with E-state index in [2.05, 4.69) is 26.8 Å². The van der Waals surface area contributed by atoms with Crippen LogP contribution in [0, 0.1) is 5.92 Å². The Hall–Kier alpha value is -1.91. The quantitative estimate of drug-likeness (QED) is 0.856. The highest BCUT2D eigenvalue weighted by molar-refractivity contribution is 5.94. The molecule has 0 saturated heterocycles. The lowest BCUT2D eigenvalue weighted by Crippen LogP contribution is -2.17. The van der Waals surface area contributed by atoms with Gasteiger partial charge in [-0.2, -0.15) is 0 Å². The lowest BCUT2D eigenvalue weighted by molar-refractivity contribution is 0.101. The molecule has 3 rings (SSSR count). The number of aromatic nitrogens is 3. The fourth-order valence-corrected chi connectivity index (χ4v) is 3.29. The predicted octanol–water partition coefficient (Wildman–Crippen LogP) is 3.65. The summed E-state index contributed by atoms with van der Waals surface area (Å²) in [4.78, 5) is 20.8. The van der Waals surface area contributed by atoms with Gasteiger partial charge in [-0.1, -0.05) is 19.3 Å². The molecular formula is C17H24N4O. The summed E-state index contributed by atoms with van der Waals surface area (Å²) in [5.41, 5.74) is 2.20. The summed E-state index contributed by atoms with van der Waals surface area (Å²) in [5, 5.41) is 3.33. The third kappa shape index (κ3) is 2.98. The maximum atomic E-state index is 11.6. The van der Waals surface area contributed by atoms with Gasteiger partial charge in [-0.15, -0.1) is 0 Å². The molecule has 22 heavy (non-hydrogen) atoms. The molecule has 118 valence electrons. The topological polar surface area (TPSA) is 59.8 Å². The molecule has 2 aromatic rings. The van der Waals surface area contributed by atoms with Crippen LogP contribution in [0.15, 0.2) is 12.1 Å². The van der Waals surface area contributed by atoms with Crippen LogP contribution in [0.25, 0.3) is 11.2 Å². The van der Waals surface area contributed by atoms with Crippen molar-refractivity contribution in [2.24, 2.45) is 5.92 Å². The predicted molar refractivity (Wildman–Crippen MR) is 88.3 cm³/mol. The first-order valence-electron chi connectivity index (χ1n) is 8.31. The monoisotopic (exact) mass is 300 g/mol. The summed E-state index contributed by atoms with van der Waals surface area (Å²) < 4.78 is 2.17. The normalized spacial score (nSPS) is 16.1. The van der Waals surface area contributed by atoms with Crippen LogP contribution in [-0.4, -0.2) is 26.9 Å². The van der Waals surface area contributed by atoms with Gasteiger partial charge >= 0.3 is 0 Å². The molecule has 0 aromatic carbocycles. The van der Waals surface area contributed by atoms with E-state index in [1.54, 1.807) is 13.0 Å². The van der Waals surface area contributed by atoms with Crippen molar-refractivity contribution in [3.8, 4) is 0 Å². The van der Waals surface area contributed by atoms with Gasteiger partial charge in [0, 0.05) is 20.0 Å². The van der Waals surface area contributed by atoms with Crippen molar-refractivity contribution in [2.45, 2.75) is 52.5 Å². The average Bonchev–Trinajstić information content (AvgIpc) is 2.86. The molecule has 1 aliphatic carbocycles. The minimum Gasteiger partial charge on any atom is -0.356 e. The van der Waals surface area contributed by atoms with Crippen molar-refractivity contribution in [1.82, 2.24) is 14.5 Å². The van der Waals surface area contributed by atoms with Gasteiger partial charge < -0.3 is 5.32 Å². The van der Waals surface area contributed by atoms with Crippen molar-refractivity contribution >= 4 is 22.9 Å². The molecular weight excluding hydrogens is 276 g/mol. The number of carbonyl (C=O) groups is 1. The summed E-state index contributed by atoms with van der Waals surface area (Å²) in [6.07, 6.45) is 6.54. The third-order valence-electron chi connectivity index (χ3n) is 4.45. The van der Waals surface area contributed by atoms with E-state index in [9.17, 15) is 4.79 Å². The maximum absolute atomic E-state index is 11.6. The molecule has 2 aromatic heterocycles. The second-order valence-corrected chi connectivity index (χ2v) is 6.18. The van der Waals surface area contributed by atoms with Crippen LogP contribution in [0.1, 0.15) is 56.4 Å². The Kier molecular flexibility index (Phi) is 4.41. The van der Waals surface area contributed by atoms with Crippen LogP contribution in [0.4, 0.5) is 5.95 Å². The van der Waals surface area contributed by atoms with E-state index in [0.717, 1.165) is 30.2 Å². The Balaban J connectivity index is 2.00. The standard InChI is InChI=1S/C17H24N4O/c1-3-18-17-20-15-10-9-14(12(2)22)19-16(15)21(17)11-13-7-5-4-6-8-13/h9-10,13H,3-8,11H2,1-2H3,(H,18,20). The third-order valence-corrected chi connectivity index (χ3v) is 4.45. The van der Waals surface area contributed by atoms with Gasteiger partial charge in [0.15, 0.2) is 11.4 Å². The second kappa shape index (κ2) is 6.46. The summed E-state index contributed by atoms with van der Waals surface area (Å²) in [5.74, 6) is 1.56. The van der Waals surface area contributed by atoms with E-state index >= 15 is 0 Å². The van der Waals surface area contributed by atoms with E-state index in [1.807, 2.05) is 6.07 Å². The Morgan fingerprint density at radius 2 is 2.05 bits per heavy atom. The van der Waals surface area contributed by atoms with Crippen LogP contribution in [0.2, 0.25) is 0 Å². The molecule has 1 saturated carbocycles. The molecule has 0 aliphatic heterocycles. The number of anilines is 1. The summed E-state index contributed by atoms with van der Waals surface area (Å²) in [6, 6.07) is 3.66. The number of hydrogen-bond donors (Lipinski definition) is 1. The largest absolute Gasteiger partial charge is 0.356 e. The maximum Gasteiger partial charge on any atom is 0.205 e. The number of imidazole rings is 1. The highest BCUT2D eigenvalue weighted by Crippen LogP contribution is 2.28. The van der Waals surface area contributed by atoms with Crippen molar-refractivity contribution in [3.63, 3.8) is 0 Å². The van der Waals surface area contributed by atoms with Crippen LogP contribution in [-0.2, 0) is 6.54 Å². The van der Waals surface area contributed by atoms with Gasteiger partial charge in [0.2, 0.25) is 5.95 Å². The molecule has 0 unspecified atom stereocenters. The Morgan fingerprint density at radius 3 is 2.73 bits per heavy atom. The lowest BCUT2D eigenvalue weighted by Gasteiger charge is -2.23. The van der Waals surface area contributed by atoms with Crippen molar-refractivity contribution in [2.75, 3.05) is 11.9 Å². The van der Waals surface area contributed by atoms with Gasteiger partial charge in [0.05, 0.1) is 0 Å². The summed E-state index contributed by atoms with van der Waals surface area (Å²) in [7, 11) is 0. The fourth-order valence-electron chi connectivity index (χ4n) is 3.29. The SMILES string of the molecule is CCNc1nc2ccc(C(C)=O)nc2n1CC1CCCCC1. The molecule has 1 N–H and O–H groups in total. The number of nitrogens with zero attached hydrogens (tertiary/aromatic N) is 3. The number of ketones is 1. The molecule has 1 aliphatic rings. The Labute approximate surface area is 131 Å². The van der Waals surface area contributed by atoms with Crippen LogP contribution in [0.5, 0.6) is 0 Å². The van der Waals surface area contributed by atoms with Gasteiger partial charge in [-0.05, 0) is 37.8 Å². The summed E-state index contributed by atoms with van der Waals surface area (Å²) in [6.45, 7) is 5.39. The number of nitrogens with one attached hydrogen (secondary N) is 1. The van der Waals surface area contributed by atoms with Crippen LogP contribution < -0.4 is 5.32 Å². The minimum atomic E-state index is -0.00248. The Bertz CT molecular complexity index is 671. The number of hydrogen-bond acceptors (Lipinski definition) is 4. The van der Waals surface area contributed by atoms with E-state index in [1.165, 1.54) is 32.1 Å². The zero-order valence-electron chi connectivity index (χ0n) is 13.4. The second-order valence-electron chi connectivity index (χ2n) is 6.18. The van der Waals surface area contributed by atoms with Gasteiger partial charge in [0.25, 0.3) is 0 Å². The smallest absolute Gasteiger partial charge is 0.205 e. The lowest BCUT2D eigenvalue weighted by atomic mass is 9.89. The van der Waals surface area contributed by atoms with Crippen molar-refractivity contribution < 1.29 is 4.79 Å². The fraction of sp³-hybridized carbons (Fsp3) is 0.588. The molecule has 0 atom stereocenters. The molecule has 0 radical (unpaired) electrons.